The second-order valence-corrected chi connectivity index (χ2v) is 6.52. The van der Waals surface area contributed by atoms with Gasteiger partial charge in [0.15, 0.2) is 6.29 Å². The van der Waals surface area contributed by atoms with Crippen molar-refractivity contribution in [2.45, 2.75) is 58.2 Å². The zero-order valence-corrected chi connectivity index (χ0v) is 15.2. The molecule has 2 rings (SSSR count). The molecule has 1 aromatic rings. The van der Waals surface area contributed by atoms with Gasteiger partial charge >= 0.3 is 5.97 Å². The number of hydrogen-bond acceptors (Lipinski definition) is 5. The molecule has 0 spiro atoms. The van der Waals surface area contributed by atoms with Crippen LogP contribution in [0.2, 0.25) is 0 Å². The maximum Gasteiger partial charge on any atom is 0.319 e. The molecule has 0 unspecified atom stereocenters. The second kappa shape index (κ2) is 10.9. The Bertz CT molecular complexity index is 621. The van der Waals surface area contributed by atoms with Gasteiger partial charge in [-0.2, -0.15) is 5.26 Å². The first-order chi connectivity index (χ1) is 12.6. The van der Waals surface area contributed by atoms with E-state index in [0.29, 0.717) is 0 Å². The van der Waals surface area contributed by atoms with Gasteiger partial charge in [-0.3, -0.25) is 4.79 Å². The number of unbranched alkanes of at least 4 members (excludes halogenated alkanes) is 5. The van der Waals surface area contributed by atoms with Crippen LogP contribution >= 0.6 is 0 Å². The molecule has 0 radical (unpaired) electrons. The summed E-state index contributed by atoms with van der Waals surface area (Å²) >= 11 is 0. The van der Waals surface area contributed by atoms with Crippen molar-refractivity contribution < 1.29 is 23.4 Å². The average Bonchev–Trinajstić information content (AvgIpc) is 2.65. The fourth-order valence-electron chi connectivity index (χ4n) is 2.79. The maximum atomic E-state index is 13.5. The standard InChI is InChI=1S/C20H26FNO4/c1-2-3-4-5-6-7-8-19-24-13-16(14-25-19)20(23)26-17-10-9-15(12-22)18(21)11-17/h9-11,16,19H,2-8,13-14H2,1H3. The molecule has 1 fully saturated rings. The molecule has 0 bridgehead atoms. The van der Waals surface area contributed by atoms with E-state index in [1.807, 2.05) is 0 Å². The maximum absolute atomic E-state index is 13.5. The molecule has 1 heterocycles. The SMILES string of the molecule is CCCCCCCCC1OCC(C(=O)Oc2ccc(C#N)c(F)c2)CO1. The summed E-state index contributed by atoms with van der Waals surface area (Å²) in [7, 11) is 0. The van der Waals surface area contributed by atoms with Crippen LogP contribution in [0, 0.1) is 23.1 Å². The first-order valence-corrected chi connectivity index (χ1v) is 9.28. The largest absolute Gasteiger partial charge is 0.426 e. The number of hydrogen-bond donors (Lipinski definition) is 0. The van der Waals surface area contributed by atoms with E-state index in [0.717, 1.165) is 18.9 Å². The van der Waals surface area contributed by atoms with Crippen molar-refractivity contribution in [2.24, 2.45) is 5.92 Å². The minimum Gasteiger partial charge on any atom is -0.426 e. The van der Waals surface area contributed by atoms with Crippen LogP contribution in [-0.2, 0) is 14.3 Å². The number of nitriles is 1. The van der Waals surface area contributed by atoms with Gasteiger partial charge in [0.1, 0.15) is 23.6 Å². The van der Waals surface area contributed by atoms with Crippen LogP contribution < -0.4 is 4.74 Å². The monoisotopic (exact) mass is 363 g/mol. The molecule has 1 saturated heterocycles. The Morgan fingerprint density at radius 1 is 1.23 bits per heavy atom. The van der Waals surface area contributed by atoms with Gasteiger partial charge in [0, 0.05) is 6.07 Å². The number of rotatable bonds is 9. The van der Waals surface area contributed by atoms with Gasteiger partial charge in [-0.25, -0.2) is 4.39 Å². The molecule has 1 aliphatic rings. The number of nitrogens with zero attached hydrogens (tertiary/aromatic N) is 1. The quantitative estimate of drug-likeness (QED) is 0.371. The van der Waals surface area contributed by atoms with Crippen molar-refractivity contribution in [1.82, 2.24) is 0 Å². The predicted molar refractivity (Wildman–Crippen MR) is 93.9 cm³/mol. The molecule has 6 heteroatoms. The number of esters is 1. The minimum atomic E-state index is -0.715. The van der Waals surface area contributed by atoms with Crippen molar-refractivity contribution in [3.05, 3.63) is 29.6 Å². The summed E-state index contributed by atoms with van der Waals surface area (Å²) in [6.07, 6.45) is 7.80. The van der Waals surface area contributed by atoms with Gasteiger partial charge in [0.2, 0.25) is 0 Å². The van der Waals surface area contributed by atoms with Gasteiger partial charge in [-0.15, -0.1) is 0 Å². The highest BCUT2D eigenvalue weighted by atomic mass is 19.1. The van der Waals surface area contributed by atoms with E-state index in [1.54, 1.807) is 6.07 Å². The van der Waals surface area contributed by atoms with E-state index in [2.05, 4.69) is 6.92 Å². The lowest BCUT2D eigenvalue weighted by Crippen LogP contribution is -2.38. The molecule has 0 aliphatic carbocycles. The Hall–Kier alpha value is -1.97. The van der Waals surface area contributed by atoms with E-state index >= 15 is 0 Å². The highest BCUT2D eigenvalue weighted by Gasteiger charge is 2.29. The molecule has 0 amide bonds. The highest BCUT2D eigenvalue weighted by Crippen LogP contribution is 2.21. The van der Waals surface area contributed by atoms with Crippen molar-refractivity contribution in [2.75, 3.05) is 13.2 Å². The molecule has 1 aliphatic heterocycles. The molecule has 5 nitrogen and oxygen atoms in total. The van der Waals surface area contributed by atoms with E-state index in [-0.39, 0.29) is 30.8 Å². The number of carbonyl (C=O) groups excluding carboxylic acids is 1. The van der Waals surface area contributed by atoms with E-state index in [4.69, 9.17) is 19.5 Å². The fourth-order valence-corrected chi connectivity index (χ4v) is 2.79. The summed E-state index contributed by atoms with van der Waals surface area (Å²) in [6, 6.07) is 5.42. The Balaban J connectivity index is 1.68. The Labute approximate surface area is 154 Å². The van der Waals surface area contributed by atoms with Crippen molar-refractivity contribution in [1.29, 1.82) is 5.26 Å². The Morgan fingerprint density at radius 2 is 1.92 bits per heavy atom. The second-order valence-electron chi connectivity index (χ2n) is 6.52. The summed E-state index contributed by atoms with van der Waals surface area (Å²) in [5, 5.41) is 8.70. The van der Waals surface area contributed by atoms with Crippen molar-refractivity contribution >= 4 is 5.97 Å². The smallest absolute Gasteiger partial charge is 0.319 e. The topological polar surface area (TPSA) is 68.5 Å². The number of ether oxygens (including phenoxy) is 3. The Morgan fingerprint density at radius 3 is 2.58 bits per heavy atom. The Kier molecular flexibility index (Phi) is 8.52. The summed E-state index contributed by atoms with van der Waals surface area (Å²) in [5.41, 5.74) is -0.0910. The number of halogens is 1. The molecule has 0 saturated carbocycles. The van der Waals surface area contributed by atoms with Gasteiger partial charge in [0.25, 0.3) is 0 Å². The fraction of sp³-hybridized carbons (Fsp3) is 0.600. The first-order valence-electron chi connectivity index (χ1n) is 9.28. The molecule has 142 valence electrons. The first kappa shape index (κ1) is 20.3. The lowest BCUT2D eigenvalue weighted by atomic mass is 10.1. The number of benzene rings is 1. The van der Waals surface area contributed by atoms with Crippen molar-refractivity contribution in [3.63, 3.8) is 0 Å². The third kappa shape index (κ3) is 6.40. The van der Waals surface area contributed by atoms with Crippen LogP contribution in [0.25, 0.3) is 0 Å². The van der Waals surface area contributed by atoms with Crippen LogP contribution in [-0.4, -0.2) is 25.5 Å². The zero-order chi connectivity index (χ0) is 18.8. The van der Waals surface area contributed by atoms with Crippen LogP contribution in [0.1, 0.15) is 57.4 Å². The third-order valence-corrected chi connectivity index (χ3v) is 4.37. The molecule has 26 heavy (non-hydrogen) atoms. The van der Waals surface area contributed by atoms with E-state index < -0.39 is 17.7 Å². The van der Waals surface area contributed by atoms with Gasteiger partial charge in [-0.1, -0.05) is 39.0 Å². The summed E-state index contributed by atoms with van der Waals surface area (Å²) in [5.74, 6) is -1.70. The molecule has 0 atom stereocenters. The van der Waals surface area contributed by atoms with Crippen LogP contribution in [0.4, 0.5) is 4.39 Å². The van der Waals surface area contributed by atoms with Gasteiger partial charge in [-0.05, 0) is 25.0 Å². The van der Waals surface area contributed by atoms with Crippen LogP contribution in [0.3, 0.4) is 0 Å². The third-order valence-electron chi connectivity index (χ3n) is 4.37. The van der Waals surface area contributed by atoms with Crippen molar-refractivity contribution in [3.8, 4) is 11.8 Å². The average molecular weight is 363 g/mol. The number of carbonyl (C=O) groups is 1. The predicted octanol–water partition coefficient (Wildman–Crippen LogP) is 4.34. The van der Waals surface area contributed by atoms with Crippen LogP contribution in [0.15, 0.2) is 18.2 Å². The normalized spacial score (nSPS) is 19.7. The zero-order valence-electron chi connectivity index (χ0n) is 15.2. The lowest BCUT2D eigenvalue weighted by molar-refractivity contribution is -0.208. The van der Waals surface area contributed by atoms with E-state index in [1.165, 1.54) is 44.2 Å². The lowest BCUT2D eigenvalue weighted by Gasteiger charge is -2.28. The summed E-state index contributed by atoms with van der Waals surface area (Å²) in [4.78, 5) is 12.1. The van der Waals surface area contributed by atoms with E-state index in [9.17, 15) is 9.18 Å². The molecule has 1 aromatic carbocycles. The molecular weight excluding hydrogens is 337 g/mol. The summed E-state index contributed by atoms with van der Waals surface area (Å²) < 4.78 is 29.9. The molecule has 0 aromatic heterocycles. The molecule has 0 N–H and O–H groups in total. The minimum absolute atomic E-state index is 0.0701. The highest BCUT2D eigenvalue weighted by molar-refractivity contribution is 5.75. The van der Waals surface area contributed by atoms with Gasteiger partial charge in [0.05, 0.1) is 18.8 Å². The summed E-state index contributed by atoms with van der Waals surface area (Å²) in [6.45, 7) is 2.67. The molecular formula is C20H26FNO4. The van der Waals surface area contributed by atoms with Gasteiger partial charge < -0.3 is 14.2 Å². The van der Waals surface area contributed by atoms with Crippen LogP contribution in [0.5, 0.6) is 5.75 Å².